The Balaban J connectivity index is 2.19. The maximum atomic E-state index is 12.2. The van der Waals surface area contributed by atoms with Gasteiger partial charge in [0.2, 0.25) is 10.0 Å². The number of nitrogen functional groups attached to an aromatic ring is 1. The Hall–Kier alpha value is -1.92. The van der Waals surface area contributed by atoms with Gasteiger partial charge >= 0.3 is 0 Å². The molecule has 0 atom stereocenters. The molecule has 0 aromatic heterocycles. The lowest BCUT2D eigenvalue weighted by Gasteiger charge is -2.11. The minimum absolute atomic E-state index is 0.166. The Morgan fingerprint density at radius 1 is 1.19 bits per heavy atom. The van der Waals surface area contributed by atoms with Gasteiger partial charge in [-0.05, 0) is 29.8 Å². The van der Waals surface area contributed by atoms with E-state index in [4.69, 9.17) is 22.1 Å². The van der Waals surface area contributed by atoms with Crippen LogP contribution in [0.15, 0.2) is 42.5 Å². The molecule has 0 bridgehead atoms. The average molecular weight is 327 g/mol. The van der Waals surface area contributed by atoms with Gasteiger partial charge in [0.05, 0.1) is 23.6 Å². The molecule has 7 heteroatoms. The van der Waals surface area contributed by atoms with E-state index in [0.717, 1.165) is 0 Å². The standard InChI is InChI=1S/C14H15ClN2O3S/c1-20-12-6-7-13(15)14(8-12)17-21(18,19)9-10-2-4-11(16)5-3-10/h2-8,17H,9,16H2,1H3. The van der Waals surface area contributed by atoms with Gasteiger partial charge in [-0.2, -0.15) is 0 Å². The van der Waals surface area contributed by atoms with Crippen molar-refractivity contribution in [1.82, 2.24) is 0 Å². The van der Waals surface area contributed by atoms with Crippen molar-refractivity contribution in [3.63, 3.8) is 0 Å². The van der Waals surface area contributed by atoms with Crippen LogP contribution >= 0.6 is 11.6 Å². The quantitative estimate of drug-likeness (QED) is 0.828. The predicted molar refractivity (Wildman–Crippen MR) is 85.1 cm³/mol. The molecular weight excluding hydrogens is 312 g/mol. The van der Waals surface area contributed by atoms with E-state index in [1.54, 1.807) is 36.4 Å². The summed E-state index contributed by atoms with van der Waals surface area (Å²) in [5.41, 5.74) is 7.07. The van der Waals surface area contributed by atoms with Crippen molar-refractivity contribution >= 4 is 33.0 Å². The van der Waals surface area contributed by atoms with E-state index in [1.807, 2.05) is 0 Å². The topological polar surface area (TPSA) is 81.4 Å². The summed E-state index contributed by atoms with van der Waals surface area (Å²) in [6.07, 6.45) is 0. The van der Waals surface area contributed by atoms with Gasteiger partial charge in [0.15, 0.2) is 0 Å². The number of nitrogens with one attached hydrogen (secondary N) is 1. The normalized spacial score (nSPS) is 11.1. The molecule has 0 unspecified atom stereocenters. The Kier molecular flexibility index (Phi) is 4.59. The number of hydrogen-bond donors (Lipinski definition) is 2. The largest absolute Gasteiger partial charge is 0.497 e. The van der Waals surface area contributed by atoms with Crippen molar-refractivity contribution in [1.29, 1.82) is 0 Å². The molecule has 0 aliphatic rings. The number of nitrogens with two attached hydrogens (primary N) is 1. The molecule has 0 aliphatic heterocycles. The van der Waals surface area contributed by atoms with E-state index in [0.29, 0.717) is 22.0 Å². The lowest BCUT2D eigenvalue weighted by molar-refractivity contribution is 0.415. The number of methoxy groups -OCH3 is 1. The van der Waals surface area contributed by atoms with Gasteiger partial charge in [0, 0.05) is 11.8 Å². The van der Waals surface area contributed by atoms with Crippen LogP contribution in [0.4, 0.5) is 11.4 Å². The first-order chi connectivity index (χ1) is 9.89. The van der Waals surface area contributed by atoms with Gasteiger partial charge in [-0.1, -0.05) is 23.7 Å². The summed E-state index contributed by atoms with van der Waals surface area (Å²) in [4.78, 5) is 0. The minimum Gasteiger partial charge on any atom is -0.497 e. The lowest BCUT2D eigenvalue weighted by Crippen LogP contribution is -2.15. The van der Waals surface area contributed by atoms with Crippen LogP contribution < -0.4 is 15.2 Å². The fourth-order valence-corrected chi connectivity index (χ4v) is 3.17. The molecule has 2 aromatic rings. The van der Waals surface area contributed by atoms with Crippen molar-refractivity contribution in [3.05, 3.63) is 53.1 Å². The molecule has 112 valence electrons. The highest BCUT2D eigenvalue weighted by atomic mass is 35.5. The van der Waals surface area contributed by atoms with E-state index >= 15 is 0 Å². The van der Waals surface area contributed by atoms with Gasteiger partial charge in [-0.3, -0.25) is 4.72 Å². The predicted octanol–water partition coefficient (Wildman–Crippen LogP) is 2.87. The molecule has 0 amide bonds. The third kappa shape index (κ3) is 4.27. The van der Waals surface area contributed by atoms with Crippen LogP contribution in [0.3, 0.4) is 0 Å². The van der Waals surface area contributed by atoms with Gasteiger partial charge in [0.25, 0.3) is 0 Å². The van der Waals surface area contributed by atoms with Crippen molar-refractivity contribution in [3.8, 4) is 5.75 Å². The first kappa shape index (κ1) is 15.5. The second kappa shape index (κ2) is 6.24. The minimum atomic E-state index is -3.58. The zero-order chi connectivity index (χ0) is 15.5. The highest BCUT2D eigenvalue weighted by Crippen LogP contribution is 2.28. The Bertz CT molecular complexity index is 730. The SMILES string of the molecule is COc1ccc(Cl)c(NS(=O)(=O)Cc2ccc(N)cc2)c1. The van der Waals surface area contributed by atoms with Crippen LogP contribution in [0.5, 0.6) is 5.75 Å². The smallest absolute Gasteiger partial charge is 0.236 e. The number of rotatable bonds is 5. The van der Waals surface area contributed by atoms with Crippen molar-refractivity contribution in [2.24, 2.45) is 0 Å². The summed E-state index contributed by atoms with van der Waals surface area (Å²) in [6.45, 7) is 0. The molecule has 21 heavy (non-hydrogen) atoms. The average Bonchev–Trinajstić information content (AvgIpc) is 2.43. The summed E-state index contributed by atoms with van der Waals surface area (Å²) in [7, 11) is -2.08. The zero-order valence-corrected chi connectivity index (χ0v) is 12.9. The van der Waals surface area contributed by atoms with Gasteiger partial charge in [-0.15, -0.1) is 0 Å². The number of ether oxygens (including phenoxy) is 1. The Labute approximate surface area is 128 Å². The second-order valence-corrected chi connectivity index (χ2v) is 6.58. The summed E-state index contributed by atoms with van der Waals surface area (Å²) in [5.74, 6) is 0.352. The summed E-state index contributed by atoms with van der Waals surface area (Å²) in [5, 5.41) is 0.302. The third-order valence-electron chi connectivity index (χ3n) is 2.78. The number of halogens is 1. The number of anilines is 2. The molecule has 2 aromatic carbocycles. The summed E-state index contributed by atoms with van der Waals surface area (Å²) in [6, 6.07) is 11.4. The van der Waals surface area contributed by atoms with Crippen LogP contribution in [-0.2, 0) is 15.8 Å². The molecule has 3 N–H and O–H groups in total. The van der Waals surface area contributed by atoms with E-state index in [1.165, 1.54) is 13.2 Å². The Morgan fingerprint density at radius 3 is 2.48 bits per heavy atom. The van der Waals surface area contributed by atoms with E-state index in [2.05, 4.69) is 4.72 Å². The van der Waals surface area contributed by atoms with E-state index < -0.39 is 10.0 Å². The maximum Gasteiger partial charge on any atom is 0.236 e. The van der Waals surface area contributed by atoms with Gasteiger partial charge in [-0.25, -0.2) is 8.42 Å². The van der Waals surface area contributed by atoms with Crippen LogP contribution in [0.2, 0.25) is 5.02 Å². The van der Waals surface area contributed by atoms with Crippen LogP contribution in [-0.4, -0.2) is 15.5 Å². The monoisotopic (exact) mass is 326 g/mol. The molecule has 0 aliphatic carbocycles. The number of sulfonamides is 1. The molecule has 0 saturated heterocycles. The first-order valence-corrected chi connectivity index (χ1v) is 8.11. The lowest BCUT2D eigenvalue weighted by atomic mass is 10.2. The highest BCUT2D eigenvalue weighted by Gasteiger charge is 2.14. The molecule has 2 rings (SSSR count). The summed E-state index contributed by atoms with van der Waals surface area (Å²) < 4.78 is 31.8. The van der Waals surface area contributed by atoms with E-state index in [9.17, 15) is 8.42 Å². The molecule has 0 radical (unpaired) electrons. The highest BCUT2D eigenvalue weighted by molar-refractivity contribution is 7.91. The van der Waals surface area contributed by atoms with Gasteiger partial charge < -0.3 is 10.5 Å². The summed E-state index contributed by atoms with van der Waals surface area (Å²) >= 11 is 5.98. The fourth-order valence-electron chi connectivity index (χ4n) is 1.75. The molecule has 0 saturated carbocycles. The van der Waals surface area contributed by atoms with Crippen molar-refractivity contribution in [2.75, 3.05) is 17.6 Å². The first-order valence-electron chi connectivity index (χ1n) is 6.08. The number of benzene rings is 2. The van der Waals surface area contributed by atoms with Crippen LogP contribution in [0.25, 0.3) is 0 Å². The molecular formula is C14H15ClN2O3S. The van der Waals surface area contributed by atoms with E-state index in [-0.39, 0.29) is 11.4 Å². The third-order valence-corrected chi connectivity index (χ3v) is 4.35. The van der Waals surface area contributed by atoms with Crippen LogP contribution in [0.1, 0.15) is 5.56 Å². The maximum absolute atomic E-state index is 12.2. The van der Waals surface area contributed by atoms with Crippen LogP contribution in [0, 0.1) is 0 Å². The Morgan fingerprint density at radius 2 is 1.86 bits per heavy atom. The fraction of sp³-hybridized carbons (Fsp3) is 0.143. The molecule has 0 heterocycles. The zero-order valence-electron chi connectivity index (χ0n) is 11.3. The second-order valence-electron chi connectivity index (χ2n) is 4.45. The molecule has 0 fully saturated rings. The molecule has 5 nitrogen and oxygen atoms in total. The molecule has 0 spiro atoms. The van der Waals surface area contributed by atoms with Gasteiger partial charge in [0.1, 0.15) is 5.75 Å². The van der Waals surface area contributed by atoms with Crippen molar-refractivity contribution < 1.29 is 13.2 Å². The van der Waals surface area contributed by atoms with Crippen molar-refractivity contribution in [2.45, 2.75) is 5.75 Å². The number of hydrogen-bond acceptors (Lipinski definition) is 4.